The molecule has 125 heavy (non-hydrogen) atoms. The van der Waals surface area contributed by atoms with Crippen LogP contribution in [0.25, 0.3) is 0 Å². The minimum absolute atomic E-state index is 0.000523. The number of guanidine groups is 8. The SMILES string of the molecule is CSC[C@H](C)C(=O)N[C@@H](C)C(=O)CCC(=O)N[C@@H](Cc1ccc(C(C)=O)cc1)C(=O)C[C@H](CCCNC(=N)N)C(=O)N[C@H](CCCNC(=N)N)C(=O)C[C@H](CCCNC(=N)N)C(=O)N[C@H](CCCNC(=N)N)C(=O)C[C@H](CCCNC(=N)N)C(=O)N[C@H](CCCNC(=N)N)C(=O)C[C@H](CCCNC(=N)N)C(=O)N[C@H](CCCNC(=N)N)C(=O)C[C@H](CS)C(N)=O. The molecule has 0 saturated carbocycles. The summed E-state index contributed by atoms with van der Waals surface area (Å²) in [6.07, 6.45) is -2.14. The van der Waals surface area contributed by atoms with Crippen LogP contribution in [0, 0.1) is 78.8 Å². The molecule has 0 aliphatic heterocycles. The van der Waals surface area contributed by atoms with Crippen LogP contribution in [0.15, 0.2) is 24.3 Å². The third kappa shape index (κ3) is 50.4. The first kappa shape index (κ1) is 111. The first-order chi connectivity index (χ1) is 59.0. The summed E-state index contributed by atoms with van der Waals surface area (Å²) in [5.74, 6) is -19.0. The van der Waals surface area contributed by atoms with Gasteiger partial charge in [-0.2, -0.15) is 24.4 Å². The molecule has 7 amide bonds. The Kier molecular flexibility index (Phi) is 55.3. The second kappa shape index (κ2) is 62.2. The number of amides is 7. The molecule has 0 heterocycles. The number of rotatable bonds is 69. The van der Waals surface area contributed by atoms with Crippen LogP contribution in [0.3, 0.4) is 0 Å². The van der Waals surface area contributed by atoms with E-state index in [1.807, 2.05) is 6.26 Å². The number of hydrogen-bond acceptors (Lipinski definition) is 24. The van der Waals surface area contributed by atoms with E-state index in [0.29, 0.717) is 16.9 Å². The van der Waals surface area contributed by atoms with Gasteiger partial charge in [-0.1, -0.05) is 31.2 Å². The molecule has 0 unspecified atom stereocenters. The quantitative estimate of drug-likeness (QED) is 0.00975. The van der Waals surface area contributed by atoms with Crippen LogP contribution in [-0.4, -0.2) is 236 Å². The fraction of sp³-hybridized carbons (Fsp3) is 0.641. The van der Waals surface area contributed by atoms with Gasteiger partial charge in [0.25, 0.3) is 0 Å². The lowest BCUT2D eigenvalue weighted by Crippen LogP contribution is -2.49. The fourth-order valence-electron chi connectivity index (χ4n) is 13.1. The fourth-order valence-corrected chi connectivity index (χ4v) is 14.1. The Bertz CT molecular complexity index is 3820. The Morgan fingerprint density at radius 2 is 0.608 bits per heavy atom. The van der Waals surface area contributed by atoms with Crippen LogP contribution in [-0.2, 0) is 68.7 Å². The summed E-state index contributed by atoms with van der Waals surface area (Å²) in [7, 11) is 0. The Morgan fingerprint density at radius 1 is 0.344 bits per heavy atom. The van der Waals surface area contributed by atoms with Gasteiger partial charge in [-0.05, 0) is 135 Å². The van der Waals surface area contributed by atoms with E-state index < -0.39 is 222 Å². The molecule has 0 aliphatic carbocycles. The van der Waals surface area contributed by atoms with Gasteiger partial charge in [0.15, 0.2) is 88.2 Å². The highest BCUT2D eigenvalue weighted by Gasteiger charge is 2.38. The van der Waals surface area contributed by atoms with Crippen molar-refractivity contribution < 1.29 is 67.1 Å². The highest BCUT2D eigenvalue weighted by atomic mass is 32.2. The number of primary amides is 1. The van der Waals surface area contributed by atoms with Gasteiger partial charge in [0.1, 0.15) is 0 Å². The monoisotopic (exact) mass is 1800 g/mol. The van der Waals surface area contributed by atoms with Gasteiger partial charge in [-0.3, -0.25) is 110 Å². The number of hydrogen-bond donors (Lipinski definition) is 32. The molecule has 700 valence electrons. The zero-order chi connectivity index (χ0) is 94.3. The molecule has 0 saturated heterocycles. The number of nitrogens with two attached hydrogens (primary N) is 9. The van der Waals surface area contributed by atoms with Gasteiger partial charge in [0.2, 0.25) is 41.4 Å². The number of ketones is 7. The zero-order valence-electron chi connectivity index (χ0n) is 72.0. The summed E-state index contributed by atoms with van der Waals surface area (Å²) in [4.78, 5) is 199. The number of thioether (sulfide) groups is 1. The summed E-state index contributed by atoms with van der Waals surface area (Å²) in [5.41, 5.74) is 51.2. The predicted molar refractivity (Wildman–Crippen MR) is 481 cm³/mol. The number of Topliss-reactive ketones (excluding diaryl/α,β-unsaturated/α-hetero) is 7. The lowest BCUT2D eigenvalue weighted by molar-refractivity contribution is -0.136. The minimum atomic E-state index is -1.48. The van der Waals surface area contributed by atoms with Crippen LogP contribution in [0.1, 0.15) is 184 Å². The van der Waals surface area contributed by atoms with Gasteiger partial charge in [0.05, 0.1) is 42.2 Å². The first-order valence-corrected chi connectivity index (χ1v) is 43.6. The van der Waals surface area contributed by atoms with Crippen molar-refractivity contribution in [3.8, 4) is 0 Å². The van der Waals surface area contributed by atoms with Crippen molar-refractivity contribution in [3.05, 3.63) is 35.4 Å². The maximum Gasteiger partial charge on any atom is 0.224 e. The van der Waals surface area contributed by atoms with Crippen molar-refractivity contribution in [2.75, 3.05) is 70.1 Å². The van der Waals surface area contributed by atoms with Crippen LogP contribution in [0.2, 0.25) is 0 Å². The third-order valence-electron chi connectivity index (χ3n) is 20.1. The van der Waals surface area contributed by atoms with Crippen molar-refractivity contribution in [2.24, 2.45) is 87.1 Å². The first-order valence-electron chi connectivity index (χ1n) is 41.6. The van der Waals surface area contributed by atoms with Crippen molar-refractivity contribution in [3.63, 3.8) is 0 Å². The molecule has 0 fully saturated rings. The Balaban J connectivity index is 4.18. The molecule has 12 atom stereocenters. The van der Waals surface area contributed by atoms with E-state index in [0.717, 1.165) is 0 Å². The molecule has 1 aromatic rings. The van der Waals surface area contributed by atoms with Gasteiger partial charge < -0.3 is 126 Å². The summed E-state index contributed by atoms with van der Waals surface area (Å²) in [6.45, 7) is 4.76. The Labute approximate surface area is 738 Å². The highest BCUT2D eigenvalue weighted by molar-refractivity contribution is 7.98. The molecule has 1 aromatic carbocycles. The second-order valence-corrected chi connectivity index (χ2v) is 31.9. The molecular weight excluding hydrogens is 1660 g/mol. The molecule has 0 bridgehead atoms. The molecule has 0 radical (unpaired) electrons. The minimum Gasteiger partial charge on any atom is -0.370 e. The highest BCUT2D eigenvalue weighted by Crippen LogP contribution is 2.24. The van der Waals surface area contributed by atoms with Crippen molar-refractivity contribution in [1.82, 2.24) is 74.4 Å². The number of nitrogens with one attached hydrogen (secondary N) is 22. The van der Waals surface area contributed by atoms with Gasteiger partial charge in [0, 0.05) is 144 Å². The number of thiol groups is 1. The Hall–Kier alpha value is -11.9. The number of carbonyl (C=O) groups excluding carboxylic acids is 14. The average Bonchev–Trinajstić information content (AvgIpc) is 0.856. The third-order valence-corrected chi connectivity index (χ3v) is 21.4. The van der Waals surface area contributed by atoms with E-state index >= 15 is 24.0 Å². The molecule has 47 heteroatoms. The largest absolute Gasteiger partial charge is 0.370 e. The van der Waals surface area contributed by atoms with Crippen LogP contribution >= 0.6 is 24.4 Å². The standard InChI is InChI=1S/C78H137N31O14S2/c1-43(42-125-4)66(119)104-44(2)58(111)25-26-64(117)105-57(35-46-21-23-47(24-22-46)45(3)110)63(116)39-51(16-8-30-99-74(86)87)70(123)108-55(19-11-33-102-77(92)93)61(114)37-49(14-6-28-97-72(82)83)68(121)106-53(17-9-31-100-75(88)89)59(112)36-48(13-5-27-96-71(80)81)67(120)107-54(18-10-32-101-76(90)91)60(113)38-50(15-7-29-98-73(84)85)69(122)109-56(20-12-34-103-78(94)95)62(115)40-52(41-124)65(79)118/h21-24,43-44,48-57,124H,5-20,25-42H2,1-4H3,(H2,79,118)(H,104,119)(H,105,117)(H,106,121)(H,107,120)(H,108,123)(H,109,122)(H4,80,81,96)(H4,82,83,97)(H4,84,85,98)(H4,86,87,99)(H4,88,89,100)(H4,90,91,101)(H4,92,93,102)(H4,94,95,103)/t43-,44-,48-,49-,50-,51-,52+,53+,54+,55+,56+,57-/m0/s1. The number of carbonyl (C=O) groups is 14. The lowest BCUT2D eigenvalue weighted by Gasteiger charge is -2.27. The van der Waals surface area contributed by atoms with Crippen molar-refractivity contribution >= 4 is 154 Å². The summed E-state index contributed by atoms with van der Waals surface area (Å²) < 4.78 is 0. The zero-order valence-corrected chi connectivity index (χ0v) is 73.8. The maximum atomic E-state index is 15.2. The molecule has 1 rings (SSSR count). The molecule has 45 nitrogen and oxygen atoms in total. The van der Waals surface area contributed by atoms with E-state index in [1.54, 1.807) is 19.1 Å². The normalized spacial score (nSPS) is 13.8. The smallest absolute Gasteiger partial charge is 0.224 e. The second-order valence-electron chi connectivity index (χ2n) is 30.7. The molecular formula is C78H137N31O14S2. The van der Waals surface area contributed by atoms with Gasteiger partial charge in [-0.25, -0.2) is 0 Å². The summed E-state index contributed by atoms with van der Waals surface area (Å²) >= 11 is 5.62. The van der Waals surface area contributed by atoms with Crippen LogP contribution in [0.4, 0.5) is 0 Å². The van der Waals surface area contributed by atoms with E-state index in [-0.39, 0.29) is 191 Å². The lowest BCUT2D eigenvalue weighted by atomic mass is 9.88. The van der Waals surface area contributed by atoms with Crippen molar-refractivity contribution in [2.45, 2.75) is 211 Å². The predicted octanol–water partition coefficient (Wildman–Crippen LogP) is -3.89. The molecule has 0 aliphatic rings. The van der Waals surface area contributed by atoms with Gasteiger partial charge in [-0.15, -0.1) is 0 Å². The maximum absolute atomic E-state index is 15.2. The average molecular weight is 1800 g/mol. The molecule has 40 N–H and O–H groups in total. The molecule has 0 spiro atoms. The molecule has 0 aromatic heterocycles. The van der Waals surface area contributed by atoms with Crippen molar-refractivity contribution in [1.29, 1.82) is 43.3 Å². The van der Waals surface area contributed by atoms with E-state index in [2.05, 4.69) is 87.1 Å². The topological polar surface area (TPSA) is 832 Å². The van der Waals surface area contributed by atoms with Gasteiger partial charge >= 0.3 is 0 Å². The summed E-state index contributed by atoms with van der Waals surface area (Å²) in [6, 6.07) is -1.69. The van der Waals surface area contributed by atoms with Crippen LogP contribution < -0.4 is 126 Å². The Morgan fingerprint density at radius 3 is 0.856 bits per heavy atom. The van der Waals surface area contributed by atoms with E-state index in [4.69, 9.17) is 94.9 Å². The van der Waals surface area contributed by atoms with Crippen LogP contribution in [0.5, 0.6) is 0 Å². The van der Waals surface area contributed by atoms with E-state index in [9.17, 15) is 43.2 Å². The van der Waals surface area contributed by atoms with E-state index in [1.165, 1.54) is 37.7 Å². The number of benzene rings is 1. The summed E-state index contributed by atoms with van der Waals surface area (Å²) in [5, 5.41) is 99.7.